The Labute approximate surface area is 90.7 Å². The molecule has 0 spiro atoms. The van der Waals surface area contributed by atoms with E-state index in [1.54, 1.807) is 18.9 Å². The minimum Gasteiger partial charge on any atom is -0.467 e. The average Bonchev–Trinajstić information content (AvgIpc) is 2.14. The second-order valence-electron chi connectivity index (χ2n) is 2.38. The van der Waals surface area contributed by atoms with Crippen molar-refractivity contribution in [1.29, 1.82) is 0 Å². The Bertz CT molecular complexity index is 278. The van der Waals surface area contributed by atoms with Gasteiger partial charge in [-0.05, 0) is 24.5 Å². The Kier molecular flexibility index (Phi) is 4.62. The molecule has 0 saturated heterocycles. The topological polar surface area (TPSA) is 18.5 Å². The molecule has 0 heterocycles. The fourth-order valence-corrected chi connectivity index (χ4v) is 1.97. The van der Waals surface area contributed by atoms with E-state index in [-0.39, 0.29) is 6.79 Å². The summed E-state index contributed by atoms with van der Waals surface area (Å²) in [7, 11) is 1.60. The van der Waals surface area contributed by atoms with Crippen molar-refractivity contribution in [3.05, 3.63) is 22.7 Å². The third-order valence-corrected chi connectivity index (χ3v) is 2.59. The van der Waals surface area contributed by atoms with Gasteiger partial charge < -0.3 is 9.47 Å². The highest BCUT2D eigenvalue weighted by molar-refractivity contribution is 9.10. The van der Waals surface area contributed by atoms with Gasteiger partial charge in [-0.25, -0.2) is 0 Å². The summed E-state index contributed by atoms with van der Waals surface area (Å²) >= 11 is 5.09. The minimum atomic E-state index is 0.282. The molecule has 0 amide bonds. The first kappa shape index (κ1) is 10.9. The summed E-state index contributed by atoms with van der Waals surface area (Å²) in [5.74, 6) is 0.820. The van der Waals surface area contributed by atoms with Crippen LogP contribution in [0, 0.1) is 0 Å². The van der Waals surface area contributed by atoms with Gasteiger partial charge in [-0.2, -0.15) is 0 Å². The second kappa shape index (κ2) is 5.52. The highest BCUT2D eigenvalue weighted by atomic mass is 79.9. The van der Waals surface area contributed by atoms with Crippen LogP contribution in [0.3, 0.4) is 0 Å². The van der Waals surface area contributed by atoms with Gasteiger partial charge in [0.2, 0.25) is 0 Å². The van der Waals surface area contributed by atoms with E-state index in [0.717, 1.165) is 10.2 Å². The lowest BCUT2D eigenvalue weighted by molar-refractivity contribution is 0.0509. The SMILES string of the molecule is COCOc1cc(Br)cc(SC)c1. The van der Waals surface area contributed by atoms with Crippen molar-refractivity contribution in [1.82, 2.24) is 0 Å². The van der Waals surface area contributed by atoms with Crippen molar-refractivity contribution < 1.29 is 9.47 Å². The Balaban J connectivity index is 2.76. The van der Waals surface area contributed by atoms with Crippen molar-refractivity contribution in [3.8, 4) is 5.75 Å². The van der Waals surface area contributed by atoms with E-state index in [9.17, 15) is 0 Å². The molecule has 13 heavy (non-hydrogen) atoms. The predicted octanol–water partition coefficient (Wildman–Crippen LogP) is 3.15. The molecule has 0 aliphatic heterocycles. The Morgan fingerprint density at radius 1 is 1.38 bits per heavy atom. The van der Waals surface area contributed by atoms with E-state index < -0.39 is 0 Å². The minimum absolute atomic E-state index is 0.282. The fraction of sp³-hybridized carbons (Fsp3) is 0.333. The summed E-state index contributed by atoms with van der Waals surface area (Å²) in [6.07, 6.45) is 2.03. The van der Waals surface area contributed by atoms with Gasteiger partial charge in [0.25, 0.3) is 0 Å². The number of hydrogen-bond donors (Lipinski definition) is 0. The molecule has 2 nitrogen and oxygen atoms in total. The molecule has 0 atom stereocenters. The monoisotopic (exact) mass is 262 g/mol. The smallest absolute Gasteiger partial charge is 0.188 e. The standard InChI is InChI=1S/C9H11BrO2S/c1-11-6-12-8-3-7(10)4-9(5-8)13-2/h3-5H,6H2,1-2H3. The van der Waals surface area contributed by atoms with Gasteiger partial charge in [-0.3, -0.25) is 0 Å². The van der Waals surface area contributed by atoms with E-state index in [1.807, 2.05) is 24.5 Å². The molecule has 1 rings (SSSR count). The maximum absolute atomic E-state index is 5.31. The lowest BCUT2D eigenvalue weighted by Gasteiger charge is -2.06. The Hall–Kier alpha value is -0.190. The van der Waals surface area contributed by atoms with Crippen LogP contribution >= 0.6 is 27.7 Å². The molecule has 0 aliphatic carbocycles. The number of rotatable bonds is 4. The maximum atomic E-state index is 5.31. The van der Waals surface area contributed by atoms with Crippen LogP contribution in [0.2, 0.25) is 0 Å². The first-order valence-corrected chi connectivity index (χ1v) is 5.74. The van der Waals surface area contributed by atoms with Gasteiger partial charge in [0.1, 0.15) is 5.75 Å². The summed E-state index contributed by atoms with van der Waals surface area (Å²) in [4.78, 5) is 1.17. The van der Waals surface area contributed by atoms with Crippen LogP contribution in [0.15, 0.2) is 27.6 Å². The maximum Gasteiger partial charge on any atom is 0.188 e. The van der Waals surface area contributed by atoms with Crippen molar-refractivity contribution in [2.24, 2.45) is 0 Å². The van der Waals surface area contributed by atoms with Gasteiger partial charge in [-0.15, -0.1) is 11.8 Å². The molecule has 0 aliphatic rings. The third kappa shape index (κ3) is 3.58. The predicted molar refractivity (Wildman–Crippen MR) is 58.4 cm³/mol. The number of halogens is 1. The van der Waals surface area contributed by atoms with Crippen molar-refractivity contribution in [2.45, 2.75) is 4.90 Å². The number of thioether (sulfide) groups is 1. The van der Waals surface area contributed by atoms with Crippen LogP contribution in [0.4, 0.5) is 0 Å². The third-order valence-electron chi connectivity index (χ3n) is 1.42. The van der Waals surface area contributed by atoms with E-state index in [2.05, 4.69) is 15.9 Å². The molecule has 0 saturated carbocycles. The summed E-state index contributed by atoms with van der Waals surface area (Å²) < 4.78 is 11.1. The summed E-state index contributed by atoms with van der Waals surface area (Å²) in [5.41, 5.74) is 0. The van der Waals surface area contributed by atoms with E-state index in [4.69, 9.17) is 9.47 Å². The zero-order chi connectivity index (χ0) is 9.68. The van der Waals surface area contributed by atoms with Gasteiger partial charge in [-0.1, -0.05) is 15.9 Å². The summed E-state index contributed by atoms with van der Waals surface area (Å²) in [6.45, 7) is 0.282. The second-order valence-corrected chi connectivity index (χ2v) is 4.17. The molecule has 0 bridgehead atoms. The van der Waals surface area contributed by atoms with Gasteiger partial charge in [0.15, 0.2) is 6.79 Å². The molecule has 1 aromatic rings. The molecule has 0 aromatic heterocycles. The van der Waals surface area contributed by atoms with Gasteiger partial charge in [0.05, 0.1) is 0 Å². The molecule has 1 aromatic carbocycles. The van der Waals surface area contributed by atoms with Crippen LogP contribution in [0.5, 0.6) is 5.75 Å². The molecule has 72 valence electrons. The zero-order valence-electron chi connectivity index (χ0n) is 7.54. The van der Waals surface area contributed by atoms with Gasteiger partial charge in [0, 0.05) is 16.5 Å². The molecule has 4 heteroatoms. The van der Waals surface area contributed by atoms with Crippen LogP contribution in [-0.4, -0.2) is 20.2 Å². The zero-order valence-corrected chi connectivity index (χ0v) is 9.94. The lowest BCUT2D eigenvalue weighted by atomic mass is 10.3. The summed E-state index contributed by atoms with van der Waals surface area (Å²) in [6, 6.07) is 5.94. The van der Waals surface area contributed by atoms with Crippen molar-refractivity contribution >= 4 is 27.7 Å². The first-order valence-electron chi connectivity index (χ1n) is 3.72. The average molecular weight is 263 g/mol. The summed E-state index contributed by atoms with van der Waals surface area (Å²) in [5, 5.41) is 0. The molecule has 0 N–H and O–H groups in total. The fourth-order valence-electron chi connectivity index (χ4n) is 0.865. The normalized spacial score (nSPS) is 10.1. The van der Waals surface area contributed by atoms with Crippen LogP contribution in [0.25, 0.3) is 0 Å². The lowest BCUT2D eigenvalue weighted by Crippen LogP contribution is -1.98. The van der Waals surface area contributed by atoms with E-state index in [0.29, 0.717) is 0 Å². The Morgan fingerprint density at radius 3 is 2.77 bits per heavy atom. The number of methoxy groups -OCH3 is 1. The molecule has 0 unspecified atom stereocenters. The Morgan fingerprint density at radius 2 is 2.15 bits per heavy atom. The quantitative estimate of drug-likeness (QED) is 0.614. The van der Waals surface area contributed by atoms with Crippen molar-refractivity contribution in [2.75, 3.05) is 20.2 Å². The van der Waals surface area contributed by atoms with Gasteiger partial charge >= 0.3 is 0 Å². The van der Waals surface area contributed by atoms with Crippen LogP contribution < -0.4 is 4.74 Å². The first-order chi connectivity index (χ1) is 6.26. The van der Waals surface area contributed by atoms with Crippen LogP contribution in [-0.2, 0) is 4.74 Å². The highest BCUT2D eigenvalue weighted by Crippen LogP contribution is 2.26. The van der Waals surface area contributed by atoms with Crippen LogP contribution in [0.1, 0.15) is 0 Å². The number of benzene rings is 1. The molecular formula is C9H11BrO2S. The highest BCUT2D eigenvalue weighted by Gasteiger charge is 1.98. The van der Waals surface area contributed by atoms with E-state index >= 15 is 0 Å². The number of ether oxygens (including phenoxy) is 2. The number of hydrogen-bond acceptors (Lipinski definition) is 3. The van der Waals surface area contributed by atoms with E-state index in [1.165, 1.54) is 4.90 Å². The largest absolute Gasteiger partial charge is 0.467 e. The molecule has 0 fully saturated rings. The molecular weight excluding hydrogens is 252 g/mol. The van der Waals surface area contributed by atoms with Crippen molar-refractivity contribution in [3.63, 3.8) is 0 Å². The molecule has 0 radical (unpaired) electrons.